The van der Waals surface area contributed by atoms with E-state index in [1.54, 1.807) is 0 Å². The Morgan fingerprint density at radius 3 is 2.00 bits per heavy atom. The molecule has 2 rings (SSSR count). The third kappa shape index (κ3) is 1.54. The Bertz CT molecular complexity index is 555. The number of ether oxygens (including phenoxy) is 2. The molecule has 0 fully saturated rings. The van der Waals surface area contributed by atoms with E-state index < -0.39 is 0 Å². The van der Waals surface area contributed by atoms with Crippen molar-refractivity contribution in [2.24, 2.45) is 10.7 Å². The zero-order valence-electron chi connectivity index (χ0n) is 9.10. The molecule has 0 aromatic heterocycles. The second-order valence-electron chi connectivity index (χ2n) is 3.29. The first kappa shape index (κ1) is 12.0. The predicted molar refractivity (Wildman–Crippen MR) is 67.1 cm³/mol. The van der Waals surface area contributed by atoms with Crippen LogP contribution in [0.5, 0.6) is 11.5 Å². The van der Waals surface area contributed by atoms with Crippen molar-refractivity contribution in [3.8, 4) is 11.5 Å². The van der Waals surface area contributed by atoms with Crippen LogP contribution in [0.15, 0.2) is 4.99 Å². The standard InChI is InChI=1S/C10H9Cl2N3O2/c1-16-7-3-4(10(14)15-9(3)13)8(17-2)6(12)5(7)11/h1-2H3,(H3,13,14,15). The van der Waals surface area contributed by atoms with Gasteiger partial charge in [-0.1, -0.05) is 23.2 Å². The van der Waals surface area contributed by atoms with Gasteiger partial charge in [0.2, 0.25) is 0 Å². The first-order valence-electron chi connectivity index (χ1n) is 4.59. The second-order valence-corrected chi connectivity index (χ2v) is 4.05. The molecule has 7 heteroatoms. The average molecular weight is 274 g/mol. The fourth-order valence-corrected chi connectivity index (χ4v) is 2.25. The number of hydrogen-bond acceptors (Lipinski definition) is 4. The van der Waals surface area contributed by atoms with Gasteiger partial charge < -0.3 is 15.2 Å². The Balaban J connectivity index is 2.90. The van der Waals surface area contributed by atoms with Gasteiger partial charge in [0, 0.05) is 0 Å². The molecule has 0 aliphatic carbocycles. The first-order valence-corrected chi connectivity index (χ1v) is 5.34. The highest BCUT2D eigenvalue weighted by molar-refractivity contribution is 6.45. The summed E-state index contributed by atoms with van der Waals surface area (Å²) in [5.74, 6) is 0.725. The zero-order chi connectivity index (χ0) is 12.7. The third-order valence-electron chi connectivity index (χ3n) is 2.43. The van der Waals surface area contributed by atoms with Crippen LogP contribution in [0.3, 0.4) is 0 Å². The molecule has 0 atom stereocenters. The minimum absolute atomic E-state index is 0.0220. The summed E-state index contributed by atoms with van der Waals surface area (Å²) >= 11 is 12.1. The summed E-state index contributed by atoms with van der Waals surface area (Å²) < 4.78 is 10.3. The smallest absolute Gasteiger partial charge is 0.158 e. The number of benzene rings is 1. The molecule has 0 saturated carbocycles. The number of aliphatic imine (C=N–C) groups is 1. The fourth-order valence-electron chi connectivity index (χ4n) is 1.73. The van der Waals surface area contributed by atoms with Gasteiger partial charge in [0.05, 0.1) is 25.3 Å². The van der Waals surface area contributed by atoms with Gasteiger partial charge >= 0.3 is 0 Å². The van der Waals surface area contributed by atoms with E-state index in [2.05, 4.69) is 4.99 Å². The lowest BCUT2D eigenvalue weighted by Crippen LogP contribution is -2.13. The Hall–Kier alpha value is -1.46. The lowest BCUT2D eigenvalue weighted by atomic mass is 10.1. The molecule has 90 valence electrons. The topological polar surface area (TPSA) is 80.7 Å². The Kier molecular flexibility index (Phi) is 2.89. The van der Waals surface area contributed by atoms with Crippen molar-refractivity contribution in [2.45, 2.75) is 0 Å². The van der Waals surface area contributed by atoms with Gasteiger partial charge in [0.15, 0.2) is 17.3 Å². The van der Waals surface area contributed by atoms with Crippen LogP contribution in [0.1, 0.15) is 11.1 Å². The van der Waals surface area contributed by atoms with Crippen molar-refractivity contribution in [3.05, 3.63) is 21.2 Å². The number of hydrogen-bond donors (Lipinski definition) is 2. The van der Waals surface area contributed by atoms with Gasteiger partial charge in [-0.3, -0.25) is 5.41 Å². The summed E-state index contributed by atoms with van der Waals surface area (Å²) in [5.41, 5.74) is 6.57. The molecular formula is C10H9Cl2N3O2. The van der Waals surface area contributed by atoms with E-state index in [4.69, 9.17) is 43.8 Å². The fraction of sp³-hybridized carbons (Fsp3) is 0.200. The maximum Gasteiger partial charge on any atom is 0.158 e. The second kappa shape index (κ2) is 4.09. The van der Waals surface area contributed by atoms with Gasteiger partial charge in [-0.2, -0.15) is 0 Å². The molecule has 1 aliphatic rings. The summed E-state index contributed by atoms with van der Waals surface area (Å²) in [6, 6.07) is 0. The molecular weight excluding hydrogens is 265 g/mol. The van der Waals surface area contributed by atoms with Crippen LogP contribution in [0, 0.1) is 5.41 Å². The number of halogens is 2. The predicted octanol–water partition coefficient (Wildman–Crippen LogP) is 2.05. The minimum Gasteiger partial charge on any atom is -0.494 e. The minimum atomic E-state index is -0.0220. The molecule has 1 heterocycles. The highest BCUT2D eigenvalue weighted by Gasteiger charge is 2.32. The van der Waals surface area contributed by atoms with Crippen molar-refractivity contribution in [2.75, 3.05) is 14.2 Å². The number of amidine groups is 2. The monoisotopic (exact) mass is 273 g/mol. The van der Waals surface area contributed by atoms with Crippen molar-refractivity contribution >= 4 is 34.9 Å². The maximum atomic E-state index is 7.74. The van der Waals surface area contributed by atoms with E-state index in [1.165, 1.54) is 14.2 Å². The van der Waals surface area contributed by atoms with Gasteiger partial charge in [-0.05, 0) is 0 Å². The molecule has 3 N–H and O–H groups in total. The van der Waals surface area contributed by atoms with Gasteiger partial charge in [-0.15, -0.1) is 0 Å². The largest absolute Gasteiger partial charge is 0.494 e. The molecule has 1 aromatic carbocycles. The van der Waals surface area contributed by atoms with Crippen LogP contribution in [-0.2, 0) is 0 Å². The van der Waals surface area contributed by atoms with Crippen LogP contribution in [0.2, 0.25) is 10.0 Å². The number of nitrogens with zero attached hydrogens (tertiary/aromatic N) is 1. The van der Waals surface area contributed by atoms with Crippen LogP contribution >= 0.6 is 23.2 Å². The Morgan fingerprint density at radius 2 is 1.53 bits per heavy atom. The quantitative estimate of drug-likeness (QED) is 0.866. The molecule has 5 nitrogen and oxygen atoms in total. The van der Waals surface area contributed by atoms with E-state index in [0.29, 0.717) is 16.9 Å². The van der Waals surface area contributed by atoms with E-state index in [0.717, 1.165) is 0 Å². The summed E-state index contributed by atoms with van der Waals surface area (Å²) in [5, 5.41) is 8.11. The normalized spacial score (nSPS) is 13.4. The van der Waals surface area contributed by atoms with Gasteiger partial charge in [-0.25, -0.2) is 4.99 Å². The van der Waals surface area contributed by atoms with Crippen molar-refractivity contribution in [3.63, 3.8) is 0 Å². The summed E-state index contributed by atoms with van der Waals surface area (Å²) in [6.07, 6.45) is 0. The molecule has 17 heavy (non-hydrogen) atoms. The number of nitrogens with one attached hydrogen (secondary N) is 1. The number of fused-ring (bicyclic) bond motifs is 1. The van der Waals surface area contributed by atoms with Crippen LogP contribution in [0.4, 0.5) is 0 Å². The lowest BCUT2D eigenvalue weighted by molar-refractivity contribution is 0.402. The van der Waals surface area contributed by atoms with Crippen molar-refractivity contribution in [1.29, 1.82) is 5.41 Å². The number of rotatable bonds is 2. The molecule has 1 aliphatic heterocycles. The first-order chi connectivity index (χ1) is 8.02. The molecule has 1 aromatic rings. The lowest BCUT2D eigenvalue weighted by Gasteiger charge is -2.15. The summed E-state index contributed by atoms with van der Waals surface area (Å²) in [4.78, 5) is 3.86. The van der Waals surface area contributed by atoms with Crippen molar-refractivity contribution < 1.29 is 9.47 Å². The molecule has 0 saturated heterocycles. The van der Waals surface area contributed by atoms with Gasteiger partial charge in [0.1, 0.15) is 15.9 Å². The number of nitrogens with two attached hydrogens (primary N) is 1. The van der Waals surface area contributed by atoms with E-state index in [9.17, 15) is 0 Å². The maximum absolute atomic E-state index is 7.74. The Morgan fingerprint density at radius 1 is 1.06 bits per heavy atom. The van der Waals surface area contributed by atoms with Gasteiger partial charge in [0.25, 0.3) is 0 Å². The van der Waals surface area contributed by atoms with E-state index in [1.807, 2.05) is 0 Å². The van der Waals surface area contributed by atoms with Crippen LogP contribution < -0.4 is 15.2 Å². The average Bonchev–Trinajstić information content (AvgIpc) is 2.57. The molecule has 0 bridgehead atoms. The van der Waals surface area contributed by atoms with Crippen LogP contribution in [-0.4, -0.2) is 25.9 Å². The summed E-state index contributed by atoms with van der Waals surface area (Å²) in [6.45, 7) is 0. The third-order valence-corrected chi connectivity index (χ3v) is 3.25. The molecule has 0 amide bonds. The van der Waals surface area contributed by atoms with Crippen molar-refractivity contribution in [1.82, 2.24) is 0 Å². The molecule has 0 radical (unpaired) electrons. The highest BCUT2D eigenvalue weighted by Crippen LogP contribution is 2.46. The van der Waals surface area contributed by atoms with Crippen LogP contribution in [0.25, 0.3) is 0 Å². The molecule has 0 unspecified atom stereocenters. The zero-order valence-corrected chi connectivity index (χ0v) is 10.6. The summed E-state index contributed by atoms with van der Waals surface area (Å²) in [7, 11) is 2.88. The van der Waals surface area contributed by atoms with E-state index >= 15 is 0 Å². The molecule has 0 spiro atoms. The number of methoxy groups -OCH3 is 2. The Labute approximate surface area is 108 Å². The SMILES string of the molecule is COc1c(Cl)c(Cl)c(OC)c2c1C(=N)N=C2N. The highest BCUT2D eigenvalue weighted by atomic mass is 35.5. The van der Waals surface area contributed by atoms with E-state index in [-0.39, 0.29) is 27.5 Å².